The highest BCUT2D eigenvalue weighted by atomic mass is 32.2. The second-order valence-electron chi connectivity index (χ2n) is 7.86. The molecule has 0 heterocycles. The summed E-state index contributed by atoms with van der Waals surface area (Å²) in [5, 5.41) is 2.99. The molecule has 0 saturated heterocycles. The van der Waals surface area contributed by atoms with E-state index in [2.05, 4.69) is 23.9 Å². The second-order valence-corrected chi connectivity index (χ2v) is 9.57. The van der Waals surface area contributed by atoms with Crippen LogP contribution in [-0.2, 0) is 21.2 Å². The van der Waals surface area contributed by atoms with Crippen LogP contribution in [0.5, 0.6) is 0 Å². The van der Waals surface area contributed by atoms with Crippen LogP contribution in [0.2, 0.25) is 0 Å². The molecule has 6 heteroatoms. The van der Waals surface area contributed by atoms with Crippen molar-refractivity contribution < 1.29 is 13.2 Å². The van der Waals surface area contributed by atoms with E-state index in [1.54, 1.807) is 18.2 Å². The summed E-state index contributed by atoms with van der Waals surface area (Å²) in [5.41, 5.74) is 3.55. The maximum Gasteiger partial charge on any atom is 0.242 e. The lowest BCUT2D eigenvalue weighted by Crippen LogP contribution is -2.45. The van der Waals surface area contributed by atoms with Gasteiger partial charge in [0.2, 0.25) is 15.9 Å². The number of rotatable bonds is 8. The first kappa shape index (κ1) is 22.7. The Morgan fingerprint density at radius 1 is 0.871 bits per heavy atom. The number of amides is 1. The van der Waals surface area contributed by atoms with Crippen molar-refractivity contribution in [3.63, 3.8) is 0 Å². The fraction of sp³-hybridized carbons (Fsp3) is 0.240. The van der Waals surface area contributed by atoms with Crippen LogP contribution in [-0.4, -0.2) is 20.4 Å². The highest BCUT2D eigenvalue weighted by Gasteiger charge is 2.27. The van der Waals surface area contributed by atoms with E-state index in [4.69, 9.17) is 0 Å². The van der Waals surface area contributed by atoms with Gasteiger partial charge in [-0.1, -0.05) is 80.6 Å². The lowest BCUT2D eigenvalue weighted by atomic mass is 9.97. The third kappa shape index (κ3) is 5.81. The SMILES string of the molecule is Cc1cccc(C(C)C)c1NC(=O)[C@H](Cc1ccccc1)NS(=O)(=O)c1ccccc1. The van der Waals surface area contributed by atoms with Crippen molar-refractivity contribution in [3.8, 4) is 0 Å². The maximum absolute atomic E-state index is 13.3. The van der Waals surface area contributed by atoms with E-state index in [0.29, 0.717) is 0 Å². The van der Waals surface area contributed by atoms with Gasteiger partial charge in [-0.2, -0.15) is 4.72 Å². The van der Waals surface area contributed by atoms with Crippen molar-refractivity contribution in [2.45, 2.75) is 44.0 Å². The Hall–Kier alpha value is -2.96. The van der Waals surface area contributed by atoms with Gasteiger partial charge in [-0.25, -0.2) is 8.42 Å². The van der Waals surface area contributed by atoms with Crippen molar-refractivity contribution in [2.75, 3.05) is 5.32 Å². The minimum atomic E-state index is -3.86. The van der Waals surface area contributed by atoms with Gasteiger partial charge in [-0.3, -0.25) is 4.79 Å². The molecule has 0 bridgehead atoms. The summed E-state index contributed by atoms with van der Waals surface area (Å²) in [6.07, 6.45) is 0.238. The van der Waals surface area contributed by atoms with Gasteiger partial charge in [0.1, 0.15) is 6.04 Å². The van der Waals surface area contributed by atoms with Crippen LogP contribution < -0.4 is 10.0 Å². The van der Waals surface area contributed by atoms with Crippen molar-refractivity contribution in [3.05, 3.63) is 95.6 Å². The van der Waals surface area contributed by atoms with Gasteiger partial charge >= 0.3 is 0 Å². The number of para-hydroxylation sites is 1. The van der Waals surface area contributed by atoms with Crippen LogP contribution in [0.4, 0.5) is 5.69 Å². The molecule has 0 aliphatic rings. The van der Waals surface area contributed by atoms with E-state index in [0.717, 1.165) is 22.4 Å². The largest absolute Gasteiger partial charge is 0.324 e. The maximum atomic E-state index is 13.3. The number of nitrogens with one attached hydrogen (secondary N) is 2. The predicted octanol–water partition coefficient (Wildman–Crippen LogP) is 4.65. The Balaban J connectivity index is 1.92. The molecular weight excluding hydrogens is 408 g/mol. The molecule has 0 saturated carbocycles. The summed E-state index contributed by atoms with van der Waals surface area (Å²) in [4.78, 5) is 13.4. The number of hydrogen-bond donors (Lipinski definition) is 2. The molecule has 3 rings (SSSR count). The summed E-state index contributed by atoms with van der Waals surface area (Å²) < 4.78 is 28.5. The molecule has 0 aliphatic carbocycles. The first-order chi connectivity index (χ1) is 14.8. The van der Waals surface area contributed by atoms with Gasteiger partial charge in [0.25, 0.3) is 0 Å². The van der Waals surface area contributed by atoms with Gasteiger partial charge in [0.05, 0.1) is 4.90 Å². The van der Waals surface area contributed by atoms with Gasteiger partial charge in [0, 0.05) is 5.69 Å². The molecule has 3 aromatic rings. The van der Waals surface area contributed by atoms with E-state index >= 15 is 0 Å². The quantitative estimate of drug-likeness (QED) is 0.540. The van der Waals surface area contributed by atoms with Crippen LogP contribution in [0.25, 0.3) is 0 Å². The van der Waals surface area contributed by atoms with E-state index in [-0.39, 0.29) is 23.1 Å². The van der Waals surface area contributed by atoms with Crippen molar-refractivity contribution in [1.82, 2.24) is 4.72 Å². The van der Waals surface area contributed by atoms with Crippen LogP contribution >= 0.6 is 0 Å². The molecule has 0 unspecified atom stereocenters. The predicted molar refractivity (Wildman–Crippen MR) is 125 cm³/mol. The molecule has 0 aliphatic heterocycles. The first-order valence-electron chi connectivity index (χ1n) is 10.3. The molecule has 0 spiro atoms. The third-order valence-electron chi connectivity index (χ3n) is 5.13. The molecule has 162 valence electrons. The second kappa shape index (κ2) is 9.90. The molecule has 3 aromatic carbocycles. The molecule has 1 atom stereocenters. The summed E-state index contributed by atoms with van der Waals surface area (Å²) in [7, 11) is -3.86. The fourth-order valence-electron chi connectivity index (χ4n) is 3.45. The van der Waals surface area contributed by atoms with Crippen molar-refractivity contribution >= 4 is 21.6 Å². The van der Waals surface area contributed by atoms with Crippen molar-refractivity contribution in [1.29, 1.82) is 0 Å². The minimum absolute atomic E-state index is 0.125. The lowest BCUT2D eigenvalue weighted by Gasteiger charge is -2.22. The van der Waals surface area contributed by atoms with Gasteiger partial charge in [-0.15, -0.1) is 0 Å². The molecule has 5 nitrogen and oxygen atoms in total. The number of hydrogen-bond acceptors (Lipinski definition) is 3. The van der Waals surface area contributed by atoms with Crippen LogP contribution in [0, 0.1) is 6.92 Å². The summed E-state index contributed by atoms with van der Waals surface area (Å²) in [5.74, 6) is -0.177. The van der Waals surface area contributed by atoms with E-state index in [9.17, 15) is 13.2 Å². The lowest BCUT2D eigenvalue weighted by molar-refractivity contribution is -0.117. The zero-order valence-corrected chi connectivity index (χ0v) is 18.8. The number of carbonyl (C=O) groups is 1. The Morgan fingerprint density at radius 3 is 2.10 bits per heavy atom. The average Bonchev–Trinajstić information content (AvgIpc) is 2.75. The third-order valence-corrected chi connectivity index (χ3v) is 6.61. The summed E-state index contributed by atoms with van der Waals surface area (Å²) >= 11 is 0. The van der Waals surface area contributed by atoms with E-state index in [1.165, 1.54) is 12.1 Å². The fourth-order valence-corrected chi connectivity index (χ4v) is 4.66. The van der Waals surface area contributed by atoms with E-state index in [1.807, 2.05) is 55.5 Å². The smallest absolute Gasteiger partial charge is 0.242 e. The average molecular weight is 437 g/mol. The standard InChI is InChI=1S/C25H28N2O3S/c1-18(2)22-16-10-11-19(3)24(22)26-25(28)23(17-20-12-6-4-7-13-20)27-31(29,30)21-14-8-5-9-15-21/h4-16,18,23,27H,17H2,1-3H3,(H,26,28)/t23-/m0/s1. The van der Waals surface area contributed by atoms with Crippen molar-refractivity contribution in [2.24, 2.45) is 0 Å². The van der Waals surface area contributed by atoms with E-state index < -0.39 is 16.1 Å². The Kier molecular flexibility index (Phi) is 7.25. The van der Waals surface area contributed by atoms with Gasteiger partial charge < -0.3 is 5.32 Å². The zero-order chi connectivity index (χ0) is 22.4. The van der Waals surface area contributed by atoms with Gasteiger partial charge in [-0.05, 0) is 48.1 Å². The molecule has 1 amide bonds. The monoisotopic (exact) mass is 436 g/mol. The Labute approximate surface area is 184 Å². The summed E-state index contributed by atoms with van der Waals surface area (Å²) in [6, 6.07) is 22.4. The number of carbonyl (C=O) groups excluding carboxylic acids is 1. The number of aryl methyl sites for hydroxylation is 1. The Bertz CT molecular complexity index is 1130. The Morgan fingerprint density at radius 2 is 1.48 bits per heavy atom. The molecular formula is C25H28N2O3S. The zero-order valence-electron chi connectivity index (χ0n) is 18.0. The van der Waals surface area contributed by atoms with Crippen LogP contribution in [0.3, 0.4) is 0 Å². The molecule has 0 fully saturated rings. The van der Waals surface area contributed by atoms with Crippen LogP contribution in [0.1, 0.15) is 36.5 Å². The molecule has 31 heavy (non-hydrogen) atoms. The van der Waals surface area contributed by atoms with Crippen LogP contribution in [0.15, 0.2) is 83.8 Å². The van der Waals surface area contributed by atoms with Gasteiger partial charge in [0.15, 0.2) is 0 Å². The minimum Gasteiger partial charge on any atom is -0.324 e. The highest BCUT2D eigenvalue weighted by Crippen LogP contribution is 2.27. The molecule has 2 N–H and O–H groups in total. The number of anilines is 1. The number of sulfonamides is 1. The highest BCUT2D eigenvalue weighted by molar-refractivity contribution is 7.89. The number of benzene rings is 3. The topological polar surface area (TPSA) is 75.3 Å². The molecule has 0 radical (unpaired) electrons. The molecule has 0 aromatic heterocycles. The normalized spacial score (nSPS) is 12.5. The summed E-state index contributed by atoms with van der Waals surface area (Å²) in [6.45, 7) is 6.05. The first-order valence-corrected chi connectivity index (χ1v) is 11.8.